The monoisotopic (exact) mass is 434 g/mol. The van der Waals surface area contributed by atoms with Crippen LogP contribution in [-0.2, 0) is 28.2 Å². The van der Waals surface area contributed by atoms with Crippen LogP contribution in [0.15, 0.2) is 71.0 Å². The first kappa shape index (κ1) is 22.6. The highest BCUT2D eigenvalue weighted by Gasteiger charge is 2.10. The molecule has 0 aliphatic rings. The quantitative estimate of drug-likeness (QED) is 0.273. The molecule has 2 aromatic carbocycles. The topological polar surface area (TPSA) is 107 Å². The lowest BCUT2D eigenvalue weighted by atomic mass is 10.2. The molecule has 0 spiro atoms. The first-order valence-electron chi connectivity index (χ1n) is 8.54. The van der Waals surface area contributed by atoms with Crippen LogP contribution in [0.1, 0.15) is 10.4 Å². The maximum Gasteiger partial charge on any atom is 0.408 e. The minimum Gasteiger partial charge on any atom is -0.726 e. The van der Waals surface area contributed by atoms with Crippen molar-refractivity contribution < 1.29 is 21.7 Å². The van der Waals surface area contributed by atoms with Crippen molar-refractivity contribution in [2.75, 3.05) is 12.4 Å². The predicted octanol–water partition coefficient (Wildman–Crippen LogP) is 4.00. The zero-order valence-corrected chi connectivity index (χ0v) is 17.9. The maximum absolute atomic E-state index is 9.22. The number of aromatic nitrogens is 1. The first-order valence-corrected chi connectivity index (χ1v) is 10.7. The van der Waals surface area contributed by atoms with Crippen molar-refractivity contribution in [3.8, 4) is 0 Å². The summed E-state index contributed by atoms with van der Waals surface area (Å²) in [5.74, 6) is 0. The molecule has 0 amide bonds. The molecule has 29 heavy (non-hydrogen) atoms. The van der Waals surface area contributed by atoms with E-state index < -0.39 is 10.4 Å². The summed E-state index contributed by atoms with van der Waals surface area (Å²) >= 11 is 1.63. The van der Waals surface area contributed by atoms with Crippen molar-refractivity contribution in [3.63, 3.8) is 0 Å². The van der Waals surface area contributed by atoms with Crippen LogP contribution in [-0.4, -0.2) is 20.1 Å². The lowest BCUT2D eigenvalue weighted by molar-refractivity contribution is -0.654. The van der Waals surface area contributed by atoms with Gasteiger partial charge in [0.2, 0.25) is 10.4 Å². The molecule has 0 atom stereocenters. The Morgan fingerprint density at radius 2 is 1.72 bits per heavy atom. The zero-order valence-electron chi connectivity index (χ0n) is 16.3. The van der Waals surface area contributed by atoms with Gasteiger partial charge in [0.1, 0.15) is 11.9 Å². The molecule has 1 heterocycles. The third-order valence-electron chi connectivity index (χ3n) is 3.59. The van der Waals surface area contributed by atoms with Gasteiger partial charge in [0.25, 0.3) is 0 Å². The zero-order chi connectivity index (χ0) is 21.3. The van der Waals surface area contributed by atoms with Gasteiger partial charge in [0.05, 0.1) is 19.3 Å². The van der Waals surface area contributed by atoms with E-state index in [9.17, 15) is 13.0 Å². The van der Waals surface area contributed by atoms with E-state index in [2.05, 4.69) is 45.0 Å². The van der Waals surface area contributed by atoms with Crippen LogP contribution in [0.2, 0.25) is 0 Å². The molecule has 0 saturated heterocycles. The Morgan fingerprint density at radius 3 is 2.24 bits per heavy atom. The molecule has 3 rings (SSSR count). The van der Waals surface area contributed by atoms with Gasteiger partial charge in [-0.15, -0.1) is 0 Å². The fraction of sp³-hybridized carbons (Fsp3) is 0.211. The SMILES string of the molecule is COS(=O)(=O)[O-].Cc1c[n+](C)c(N=Nc2ccc(NCc3ccccc3)cc2)s1. The minimum absolute atomic E-state index is 0.808. The van der Waals surface area contributed by atoms with Crippen molar-refractivity contribution in [1.29, 1.82) is 0 Å². The number of hydrogen-bond donors (Lipinski definition) is 1. The molecule has 0 unspecified atom stereocenters. The van der Waals surface area contributed by atoms with Crippen molar-refractivity contribution in [2.24, 2.45) is 17.3 Å². The third kappa shape index (κ3) is 8.48. The van der Waals surface area contributed by atoms with Gasteiger partial charge in [-0.2, -0.15) is 0 Å². The molecule has 1 N–H and O–H groups in total. The van der Waals surface area contributed by atoms with Gasteiger partial charge in [-0.1, -0.05) is 30.3 Å². The van der Waals surface area contributed by atoms with Crippen molar-refractivity contribution in [2.45, 2.75) is 13.5 Å². The van der Waals surface area contributed by atoms with Gasteiger partial charge in [-0.3, -0.25) is 4.18 Å². The van der Waals surface area contributed by atoms with Gasteiger partial charge in [0.15, 0.2) is 0 Å². The predicted molar refractivity (Wildman–Crippen MR) is 111 cm³/mol. The van der Waals surface area contributed by atoms with Crippen LogP contribution in [0.3, 0.4) is 0 Å². The van der Waals surface area contributed by atoms with E-state index in [-0.39, 0.29) is 0 Å². The third-order valence-corrected chi connectivity index (χ3v) is 4.98. The van der Waals surface area contributed by atoms with E-state index in [1.54, 1.807) is 11.3 Å². The summed E-state index contributed by atoms with van der Waals surface area (Å²) in [5.41, 5.74) is 3.18. The normalized spacial score (nSPS) is 11.2. The van der Waals surface area contributed by atoms with Crippen molar-refractivity contribution in [1.82, 2.24) is 0 Å². The van der Waals surface area contributed by atoms with Crippen molar-refractivity contribution in [3.05, 3.63) is 71.2 Å². The summed E-state index contributed by atoms with van der Waals surface area (Å²) in [4.78, 5) is 1.22. The van der Waals surface area contributed by atoms with Crippen LogP contribution in [0.5, 0.6) is 0 Å². The highest BCUT2D eigenvalue weighted by Crippen LogP contribution is 2.22. The number of anilines is 1. The van der Waals surface area contributed by atoms with Gasteiger partial charge in [-0.05, 0) is 53.2 Å². The molecule has 3 aromatic rings. The van der Waals surface area contributed by atoms with E-state index in [4.69, 9.17) is 0 Å². The molecule has 0 radical (unpaired) electrons. The number of rotatable bonds is 6. The molecule has 10 heteroatoms. The summed E-state index contributed by atoms with van der Waals surface area (Å²) < 4.78 is 33.0. The highest BCUT2D eigenvalue weighted by atomic mass is 32.3. The summed E-state index contributed by atoms with van der Waals surface area (Å²) in [6.45, 7) is 2.88. The number of benzene rings is 2. The fourth-order valence-corrected chi connectivity index (χ4v) is 2.98. The Hall–Kier alpha value is -2.66. The Labute approximate surface area is 174 Å². The molecule has 1 aromatic heterocycles. The lowest BCUT2D eigenvalue weighted by Gasteiger charge is -2.05. The number of azo groups is 1. The second kappa shape index (κ2) is 10.8. The largest absolute Gasteiger partial charge is 0.726 e. The summed E-state index contributed by atoms with van der Waals surface area (Å²) in [5, 5.41) is 12.9. The average molecular weight is 435 g/mol. The summed E-state index contributed by atoms with van der Waals surface area (Å²) in [6, 6.07) is 18.3. The molecule has 0 bridgehead atoms. The van der Waals surface area contributed by atoms with Crippen LogP contribution < -0.4 is 9.88 Å². The van der Waals surface area contributed by atoms with E-state index in [0.717, 1.165) is 30.2 Å². The molecule has 154 valence electrons. The van der Waals surface area contributed by atoms with Gasteiger partial charge >= 0.3 is 5.13 Å². The van der Waals surface area contributed by atoms with E-state index in [1.807, 2.05) is 54.1 Å². The van der Waals surface area contributed by atoms with Crippen LogP contribution in [0, 0.1) is 6.92 Å². The Bertz CT molecular complexity index is 1030. The Kier molecular flexibility index (Phi) is 8.40. The Morgan fingerprint density at radius 1 is 1.10 bits per heavy atom. The average Bonchev–Trinajstić information content (AvgIpc) is 3.03. The number of nitrogens with zero attached hydrogens (tertiary/aromatic N) is 3. The van der Waals surface area contributed by atoms with E-state index in [1.165, 1.54) is 10.4 Å². The molecular formula is C19H22N4O4S2. The fourth-order valence-electron chi connectivity index (χ4n) is 2.21. The minimum atomic E-state index is -4.41. The standard InChI is InChI=1S/C18H18N4S.CH4O4S/c1-14-13-22(2)18(23-14)21-20-17-10-8-16(9-11-17)19-12-15-6-4-3-5-7-15;1-5-6(2,3)4/h3-11,13H,12H2,1-2H3;1H3,(H,2,3,4). The maximum atomic E-state index is 9.22. The number of nitrogens with one attached hydrogen (secondary N) is 1. The summed E-state index contributed by atoms with van der Waals surface area (Å²) in [6.07, 6.45) is 2.05. The number of hydrogen-bond acceptors (Lipinski definition) is 8. The highest BCUT2D eigenvalue weighted by molar-refractivity contribution is 7.80. The molecular weight excluding hydrogens is 412 g/mol. The van der Waals surface area contributed by atoms with Crippen LogP contribution in [0.25, 0.3) is 0 Å². The summed E-state index contributed by atoms with van der Waals surface area (Å²) in [7, 11) is -1.62. The molecule has 0 aliphatic carbocycles. The van der Waals surface area contributed by atoms with Gasteiger partial charge in [0, 0.05) is 17.1 Å². The first-order chi connectivity index (χ1) is 13.8. The van der Waals surface area contributed by atoms with E-state index in [0.29, 0.717) is 0 Å². The second-order valence-electron chi connectivity index (χ2n) is 5.90. The smallest absolute Gasteiger partial charge is 0.408 e. The van der Waals surface area contributed by atoms with E-state index >= 15 is 0 Å². The van der Waals surface area contributed by atoms with Gasteiger partial charge in [-0.25, -0.2) is 13.0 Å². The Balaban J connectivity index is 0.000000438. The molecule has 0 fully saturated rings. The van der Waals surface area contributed by atoms with Gasteiger partial charge < -0.3 is 9.87 Å². The van der Waals surface area contributed by atoms with Crippen LogP contribution >= 0.6 is 11.3 Å². The molecule has 0 aliphatic heterocycles. The second-order valence-corrected chi connectivity index (χ2v) is 8.26. The van der Waals surface area contributed by atoms with Crippen LogP contribution in [0.4, 0.5) is 16.5 Å². The number of thiazole rings is 1. The molecule has 8 nitrogen and oxygen atoms in total. The number of aryl methyl sites for hydroxylation is 2. The van der Waals surface area contributed by atoms with Crippen molar-refractivity contribution >= 4 is 38.2 Å². The lowest BCUT2D eigenvalue weighted by Crippen LogP contribution is -2.23. The molecule has 0 saturated carbocycles.